The number of nitrogens with two attached hydrogens (primary N) is 1. The molecule has 0 spiro atoms. The molecule has 10 rings (SSSR count). The van der Waals surface area contributed by atoms with Gasteiger partial charge in [-0.2, -0.15) is 10.2 Å². The number of carbonyl (C=O) groups is 3. The van der Waals surface area contributed by atoms with Crippen LogP contribution in [0.25, 0.3) is 11.4 Å². The third-order valence-corrected chi connectivity index (χ3v) is 13.9. The number of aryl methyl sites for hydroxylation is 2. The highest BCUT2D eigenvalue weighted by Crippen LogP contribution is 2.34. The standard InChI is InChI=1S/C35H41N5O4.C30H33N5O2.ClH/c1-23-17-31(40(39-23)29-13-6-9-25(18-29)22-37-34(42)44-35(2,3)4)33(41)38-28-12-7-10-26(19-28)32(36-21-24-15-16-24)27-11-8-14-30(20-27)43-5;1-20-14-28(35(34-20)26-10-3-6-22(15-26)18-31)30(36)33-25-9-4-7-23(16-25)29(32-19-21-12-13-21)24-8-5-11-27(17-24)37-2;/h6-14,17-20,24,32,36H,15-16,21-22H2,1-5H3,(H,37,42)(H,38,41);3-11,14-17,21,29,32H,12-13,18-19,31H2,1-2H3,(H,33,36);1H. The average Bonchev–Trinajstić information content (AvgIpc) is 4.58. The maximum absolute atomic E-state index is 13.6. The van der Waals surface area contributed by atoms with Gasteiger partial charge in [0.05, 0.1) is 49.1 Å². The maximum Gasteiger partial charge on any atom is 0.407 e. The fraction of sp³-hybridized carbons (Fsp3) is 0.308. The molecule has 16 nitrogen and oxygen atoms in total. The highest BCUT2D eigenvalue weighted by atomic mass is 35.5. The summed E-state index contributed by atoms with van der Waals surface area (Å²) in [6.07, 6.45) is 4.57. The molecule has 0 radical (unpaired) electrons. The molecule has 2 aliphatic carbocycles. The number of nitrogens with zero attached hydrogens (tertiary/aromatic N) is 4. The molecule has 0 bridgehead atoms. The summed E-state index contributed by atoms with van der Waals surface area (Å²) in [6.45, 7) is 11.8. The monoisotopic (exact) mass is 1130 g/mol. The molecule has 2 aromatic heterocycles. The molecule has 8 aromatic rings. The number of aromatic nitrogens is 4. The van der Waals surface area contributed by atoms with Crippen LogP contribution in [0.3, 0.4) is 0 Å². The van der Waals surface area contributed by atoms with Crippen LogP contribution < -0.4 is 41.8 Å². The van der Waals surface area contributed by atoms with Crippen LogP contribution >= 0.6 is 12.4 Å². The second-order valence-electron chi connectivity index (χ2n) is 21.8. The van der Waals surface area contributed by atoms with Crippen LogP contribution in [0.2, 0.25) is 0 Å². The lowest BCUT2D eigenvalue weighted by Crippen LogP contribution is -2.32. The van der Waals surface area contributed by atoms with Gasteiger partial charge in [0.25, 0.3) is 11.8 Å². The molecule has 6 aromatic carbocycles. The first-order valence-electron chi connectivity index (χ1n) is 27.7. The van der Waals surface area contributed by atoms with Gasteiger partial charge in [0.15, 0.2) is 0 Å². The number of hydrogen-bond acceptors (Lipinski definition) is 11. The van der Waals surface area contributed by atoms with Gasteiger partial charge in [-0.25, -0.2) is 14.2 Å². The number of hydrogen-bond donors (Lipinski definition) is 6. The Morgan fingerprint density at radius 2 is 0.988 bits per heavy atom. The molecule has 7 N–H and O–H groups in total. The predicted octanol–water partition coefficient (Wildman–Crippen LogP) is 12.0. The maximum atomic E-state index is 13.6. The number of rotatable bonds is 21. The minimum absolute atomic E-state index is 0. The van der Waals surface area contributed by atoms with Crippen molar-refractivity contribution >= 4 is 41.7 Å². The quantitative estimate of drug-likeness (QED) is 0.0400. The first kappa shape index (κ1) is 59.8. The fourth-order valence-corrected chi connectivity index (χ4v) is 9.51. The molecule has 3 amide bonds. The van der Waals surface area contributed by atoms with E-state index in [1.807, 2.05) is 150 Å². The molecule has 428 valence electrons. The summed E-state index contributed by atoms with van der Waals surface area (Å²) in [5.74, 6) is 2.57. The zero-order chi connectivity index (χ0) is 57.0. The van der Waals surface area contributed by atoms with Gasteiger partial charge >= 0.3 is 6.09 Å². The Bertz CT molecular complexity index is 3470. The molecule has 2 unspecified atom stereocenters. The Morgan fingerprint density at radius 1 is 0.573 bits per heavy atom. The summed E-state index contributed by atoms with van der Waals surface area (Å²) in [5.41, 5.74) is 16.7. The van der Waals surface area contributed by atoms with Crippen molar-refractivity contribution in [3.05, 3.63) is 214 Å². The molecular formula is C65H75ClN10O6. The van der Waals surface area contributed by atoms with Crippen molar-refractivity contribution < 1.29 is 28.6 Å². The Morgan fingerprint density at radius 3 is 1.41 bits per heavy atom. The summed E-state index contributed by atoms with van der Waals surface area (Å²) in [6, 6.07) is 51.0. The van der Waals surface area contributed by atoms with Gasteiger partial charge in [-0.15, -0.1) is 12.4 Å². The van der Waals surface area contributed by atoms with E-state index in [1.54, 1.807) is 35.7 Å². The van der Waals surface area contributed by atoms with E-state index < -0.39 is 11.7 Å². The van der Waals surface area contributed by atoms with Gasteiger partial charge in [-0.3, -0.25) is 9.59 Å². The van der Waals surface area contributed by atoms with Gasteiger partial charge < -0.3 is 46.5 Å². The molecule has 0 aliphatic heterocycles. The smallest absolute Gasteiger partial charge is 0.407 e. The summed E-state index contributed by atoms with van der Waals surface area (Å²) in [4.78, 5) is 39.2. The predicted molar refractivity (Wildman–Crippen MR) is 325 cm³/mol. The topological polar surface area (TPSA) is 201 Å². The van der Waals surface area contributed by atoms with Crippen molar-refractivity contribution in [3.63, 3.8) is 0 Å². The number of benzene rings is 6. The summed E-state index contributed by atoms with van der Waals surface area (Å²) >= 11 is 0. The van der Waals surface area contributed by atoms with E-state index in [-0.39, 0.29) is 42.8 Å². The lowest BCUT2D eigenvalue weighted by Gasteiger charge is -2.21. The van der Waals surface area contributed by atoms with Crippen molar-refractivity contribution in [3.8, 4) is 22.9 Å². The number of alkyl carbamates (subject to hydrolysis) is 1. The highest BCUT2D eigenvalue weighted by Gasteiger charge is 2.26. The van der Waals surface area contributed by atoms with E-state index in [0.717, 1.165) is 81.0 Å². The molecule has 0 saturated heterocycles. The molecule has 2 aliphatic rings. The van der Waals surface area contributed by atoms with E-state index >= 15 is 0 Å². The molecule has 2 atom stereocenters. The van der Waals surface area contributed by atoms with Crippen LogP contribution in [0.1, 0.15) is 124 Å². The molecular weight excluding hydrogens is 1050 g/mol. The van der Waals surface area contributed by atoms with Crippen LogP contribution in [0.5, 0.6) is 11.5 Å². The zero-order valence-corrected chi connectivity index (χ0v) is 48.5. The normalized spacial score (nSPS) is 13.6. The molecule has 2 saturated carbocycles. The van der Waals surface area contributed by atoms with Gasteiger partial charge in [0.2, 0.25) is 0 Å². The number of ether oxygens (including phenoxy) is 3. The fourth-order valence-electron chi connectivity index (χ4n) is 9.51. The van der Waals surface area contributed by atoms with E-state index in [1.165, 1.54) is 25.7 Å². The SMILES string of the molecule is COc1cccc(C(NCC2CC2)c2cccc(NC(=O)c3cc(C)nn3-c3cccc(CN)c3)c2)c1.COc1cccc(C(NCC2CC2)c2cccc(NC(=O)c3cc(C)nn3-c3cccc(CNC(=O)OC(C)(C)C)c3)c2)c1.Cl. The number of carbonyl (C=O) groups excluding carboxylic acids is 3. The summed E-state index contributed by atoms with van der Waals surface area (Å²) < 4.78 is 19.6. The van der Waals surface area contributed by atoms with Gasteiger partial charge in [-0.1, -0.05) is 72.8 Å². The van der Waals surface area contributed by atoms with Gasteiger partial charge in [0, 0.05) is 24.5 Å². The third-order valence-electron chi connectivity index (χ3n) is 13.9. The highest BCUT2D eigenvalue weighted by molar-refractivity contribution is 6.04. The molecule has 2 heterocycles. The van der Waals surface area contributed by atoms with Crippen molar-refractivity contribution in [1.82, 2.24) is 35.5 Å². The molecule has 2 fully saturated rings. The van der Waals surface area contributed by atoms with Crippen LogP contribution in [0.4, 0.5) is 16.2 Å². The Kier molecular flexibility index (Phi) is 20.0. The van der Waals surface area contributed by atoms with E-state index in [9.17, 15) is 14.4 Å². The lowest BCUT2D eigenvalue weighted by molar-refractivity contribution is 0.0523. The minimum Gasteiger partial charge on any atom is -0.497 e. The number of nitrogens with one attached hydrogen (secondary N) is 5. The Hall–Kier alpha value is -8.28. The Balaban J connectivity index is 0.000000215. The summed E-state index contributed by atoms with van der Waals surface area (Å²) in [5, 5.41) is 25.6. The number of methoxy groups -OCH3 is 2. The van der Waals surface area contributed by atoms with Gasteiger partial charge in [0.1, 0.15) is 28.5 Å². The Labute approximate surface area is 487 Å². The van der Waals surface area contributed by atoms with Crippen LogP contribution in [-0.2, 0) is 17.8 Å². The van der Waals surface area contributed by atoms with Crippen molar-refractivity contribution in [2.75, 3.05) is 37.9 Å². The first-order valence-corrected chi connectivity index (χ1v) is 27.7. The van der Waals surface area contributed by atoms with Gasteiger partial charge in [-0.05, 0) is 204 Å². The van der Waals surface area contributed by atoms with Crippen LogP contribution in [0, 0.1) is 25.7 Å². The van der Waals surface area contributed by atoms with Crippen molar-refractivity contribution in [2.45, 2.75) is 91.1 Å². The van der Waals surface area contributed by atoms with Crippen LogP contribution in [0.15, 0.2) is 158 Å². The average molecular weight is 1130 g/mol. The number of halogens is 1. The number of anilines is 2. The second kappa shape index (κ2) is 27.5. The third kappa shape index (κ3) is 16.4. The minimum atomic E-state index is -0.580. The summed E-state index contributed by atoms with van der Waals surface area (Å²) in [7, 11) is 3.35. The van der Waals surface area contributed by atoms with E-state index in [4.69, 9.17) is 19.9 Å². The largest absolute Gasteiger partial charge is 0.497 e. The van der Waals surface area contributed by atoms with Crippen molar-refractivity contribution in [1.29, 1.82) is 0 Å². The first-order chi connectivity index (χ1) is 39.1. The second-order valence-corrected chi connectivity index (χ2v) is 21.8. The van der Waals surface area contributed by atoms with E-state index in [0.29, 0.717) is 40.9 Å². The molecule has 82 heavy (non-hydrogen) atoms. The van der Waals surface area contributed by atoms with E-state index in [2.05, 4.69) is 67.1 Å². The van der Waals surface area contributed by atoms with Crippen molar-refractivity contribution in [2.24, 2.45) is 17.6 Å². The zero-order valence-electron chi connectivity index (χ0n) is 47.7. The lowest BCUT2D eigenvalue weighted by atomic mass is 9.97. The van der Waals surface area contributed by atoms with Crippen LogP contribution in [-0.4, -0.2) is 70.4 Å². The molecule has 17 heteroatoms. The number of amides is 3.